The van der Waals surface area contributed by atoms with Crippen molar-refractivity contribution in [3.8, 4) is 0 Å². The van der Waals surface area contributed by atoms with Crippen molar-refractivity contribution in [1.82, 2.24) is 9.88 Å². The lowest BCUT2D eigenvalue weighted by Crippen LogP contribution is -2.31. The maximum Gasteiger partial charge on any atom is 0.257 e. The monoisotopic (exact) mass is 401 g/mol. The van der Waals surface area contributed by atoms with E-state index in [1.807, 2.05) is 50.2 Å². The summed E-state index contributed by atoms with van der Waals surface area (Å²) in [5.74, 6) is -0.0482. The maximum absolute atomic E-state index is 13.0. The quantitative estimate of drug-likeness (QED) is 0.581. The van der Waals surface area contributed by atoms with Crippen LogP contribution >= 0.6 is 23.2 Å². The molecule has 0 unspecified atom stereocenters. The Morgan fingerprint density at radius 1 is 1.04 bits per heavy atom. The predicted octanol–water partition coefficient (Wildman–Crippen LogP) is 5.64. The third-order valence-electron chi connectivity index (χ3n) is 4.49. The van der Waals surface area contributed by atoms with E-state index in [0.717, 1.165) is 22.2 Å². The molecule has 4 nitrogen and oxygen atoms in total. The largest absolute Gasteiger partial charge is 0.380 e. The van der Waals surface area contributed by atoms with Crippen molar-refractivity contribution in [3.05, 3.63) is 69.8 Å². The third-order valence-corrected chi connectivity index (χ3v) is 4.98. The lowest BCUT2D eigenvalue weighted by molar-refractivity contribution is 0.0773. The minimum absolute atomic E-state index is 0.0482. The Kier molecular flexibility index (Phi) is 6.19. The highest BCUT2D eigenvalue weighted by molar-refractivity contribution is 6.31. The number of pyridine rings is 1. The van der Waals surface area contributed by atoms with Gasteiger partial charge in [-0.25, -0.2) is 0 Å². The molecule has 0 aliphatic heterocycles. The van der Waals surface area contributed by atoms with Gasteiger partial charge in [0.25, 0.3) is 5.91 Å². The number of hydrogen-bond donors (Lipinski definition) is 1. The zero-order valence-electron chi connectivity index (χ0n) is 15.3. The van der Waals surface area contributed by atoms with E-state index in [2.05, 4.69) is 10.3 Å². The summed E-state index contributed by atoms with van der Waals surface area (Å²) in [6.07, 6.45) is 1.64. The van der Waals surface area contributed by atoms with E-state index in [0.29, 0.717) is 35.2 Å². The zero-order valence-corrected chi connectivity index (χ0v) is 16.8. The Bertz CT molecular complexity index is 954. The summed E-state index contributed by atoms with van der Waals surface area (Å²) in [5.41, 5.74) is 3.14. The number of anilines is 1. The Balaban J connectivity index is 2.04. The first kappa shape index (κ1) is 19.5. The van der Waals surface area contributed by atoms with Gasteiger partial charge >= 0.3 is 0 Å². The molecule has 1 amide bonds. The van der Waals surface area contributed by atoms with Gasteiger partial charge < -0.3 is 10.2 Å². The van der Waals surface area contributed by atoms with Crippen LogP contribution in [0.5, 0.6) is 0 Å². The standard InChI is InChI=1S/C21H21Cl2N3O/c1-3-26(4-2)21(27)18-13-24-19-10-9-16(23)11-17(19)20(18)25-12-14-5-7-15(22)8-6-14/h5-11,13H,3-4,12H2,1-2H3,(H,24,25). The van der Waals surface area contributed by atoms with E-state index < -0.39 is 0 Å². The molecule has 1 heterocycles. The summed E-state index contributed by atoms with van der Waals surface area (Å²) in [7, 11) is 0. The van der Waals surface area contributed by atoms with Crippen molar-refractivity contribution in [2.75, 3.05) is 18.4 Å². The van der Waals surface area contributed by atoms with Crippen molar-refractivity contribution in [3.63, 3.8) is 0 Å². The number of carbonyl (C=O) groups is 1. The SMILES string of the molecule is CCN(CC)C(=O)c1cnc2ccc(Cl)cc2c1NCc1ccc(Cl)cc1. The average molecular weight is 402 g/mol. The zero-order chi connectivity index (χ0) is 19.4. The first-order valence-electron chi connectivity index (χ1n) is 8.89. The van der Waals surface area contributed by atoms with Crippen molar-refractivity contribution >= 4 is 45.7 Å². The number of benzene rings is 2. The van der Waals surface area contributed by atoms with E-state index >= 15 is 0 Å². The van der Waals surface area contributed by atoms with Gasteiger partial charge in [-0.1, -0.05) is 35.3 Å². The second-order valence-corrected chi connectivity index (χ2v) is 7.04. The van der Waals surface area contributed by atoms with Crippen LogP contribution in [0.25, 0.3) is 10.9 Å². The third kappa shape index (κ3) is 4.34. The second kappa shape index (κ2) is 8.59. The van der Waals surface area contributed by atoms with E-state index in [9.17, 15) is 4.79 Å². The molecule has 3 aromatic rings. The molecule has 0 aliphatic carbocycles. The van der Waals surface area contributed by atoms with Gasteiger partial charge in [0.1, 0.15) is 0 Å². The van der Waals surface area contributed by atoms with Gasteiger partial charge in [-0.3, -0.25) is 9.78 Å². The fraction of sp³-hybridized carbons (Fsp3) is 0.238. The van der Waals surface area contributed by atoms with Gasteiger partial charge in [-0.15, -0.1) is 0 Å². The maximum atomic E-state index is 13.0. The van der Waals surface area contributed by atoms with Crippen LogP contribution < -0.4 is 5.32 Å². The highest BCUT2D eigenvalue weighted by Gasteiger charge is 2.19. The molecule has 0 saturated carbocycles. The summed E-state index contributed by atoms with van der Waals surface area (Å²) in [5, 5.41) is 5.54. The van der Waals surface area contributed by atoms with Crippen LogP contribution in [0.2, 0.25) is 10.0 Å². The summed E-state index contributed by atoms with van der Waals surface area (Å²) in [6.45, 7) is 5.77. The fourth-order valence-electron chi connectivity index (χ4n) is 2.99. The van der Waals surface area contributed by atoms with Gasteiger partial charge in [0.15, 0.2) is 0 Å². The van der Waals surface area contributed by atoms with Crippen LogP contribution in [0, 0.1) is 0 Å². The molecule has 1 N–H and O–H groups in total. The smallest absolute Gasteiger partial charge is 0.257 e. The normalized spacial score (nSPS) is 10.8. The van der Waals surface area contributed by atoms with Gasteiger partial charge in [0.05, 0.1) is 16.8 Å². The molecule has 3 rings (SSSR count). The Hall–Kier alpha value is -2.30. The summed E-state index contributed by atoms with van der Waals surface area (Å²) < 4.78 is 0. The number of carbonyl (C=O) groups excluding carboxylic acids is 1. The first-order valence-corrected chi connectivity index (χ1v) is 9.65. The van der Waals surface area contributed by atoms with Crippen LogP contribution in [-0.2, 0) is 6.54 Å². The van der Waals surface area contributed by atoms with Crippen molar-refractivity contribution in [2.45, 2.75) is 20.4 Å². The van der Waals surface area contributed by atoms with Crippen LogP contribution in [-0.4, -0.2) is 28.9 Å². The van der Waals surface area contributed by atoms with Crippen molar-refractivity contribution in [2.24, 2.45) is 0 Å². The molecule has 2 aromatic carbocycles. The van der Waals surface area contributed by atoms with E-state index in [1.54, 1.807) is 17.2 Å². The molecule has 140 valence electrons. The molecule has 27 heavy (non-hydrogen) atoms. The number of fused-ring (bicyclic) bond motifs is 1. The van der Waals surface area contributed by atoms with Crippen molar-refractivity contribution < 1.29 is 4.79 Å². The molecule has 0 radical (unpaired) electrons. The minimum atomic E-state index is -0.0482. The summed E-state index contributed by atoms with van der Waals surface area (Å²) >= 11 is 12.2. The molecular weight excluding hydrogens is 381 g/mol. The molecule has 6 heteroatoms. The second-order valence-electron chi connectivity index (χ2n) is 6.17. The number of nitrogens with zero attached hydrogens (tertiary/aromatic N) is 2. The van der Waals surface area contributed by atoms with Crippen LogP contribution in [0.4, 0.5) is 5.69 Å². The Labute approximate surface area is 169 Å². The number of hydrogen-bond acceptors (Lipinski definition) is 3. The van der Waals surface area contributed by atoms with Crippen LogP contribution in [0.3, 0.4) is 0 Å². The van der Waals surface area contributed by atoms with Crippen LogP contribution in [0.15, 0.2) is 48.7 Å². The number of halogens is 2. The van der Waals surface area contributed by atoms with E-state index in [1.165, 1.54) is 0 Å². The molecule has 1 aromatic heterocycles. The highest BCUT2D eigenvalue weighted by atomic mass is 35.5. The number of nitrogens with one attached hydrogen (secondary N) is 1. The lowest BCUT2D eigenvalue weighted by Gasteiger charge is -2.21. The molecule has 0 bridgehead atoms. The topological polar surface area (TPSA) is 45.2 Å². The summed E-state index contributed by atoms with van der Waals surface area (Å²) in [4.78, 5) is 19.2. The predicted molar refractivity (Wildman–Crippen MR) is 113 cm³/mol. The Morgan fingerprint density at radius 3 is 2.37 bits per heavy atom. The average Bonchev–Trinajstić information content (AvgIpc) is 2.68. The molecule has 0 atom stereocenters. The minimum Gasteiger partial charge on any atom is -0.380 e. The molecular formula is C21H21Cl2N3O. The number of aromatic nitrogens is 1. The van der Waals surface area contributed by atoms with Gasteiger partial charge in [-0.2, -0.15) is 0 Å². The molecule has 0 fully saturated rings. The molecule has 0 saturated heterocycles. The van der Waals surface area contributed by atoms with Gasteiger partial charge in [0, 0.05) is 41.3 Å². The van der Waals surface area contributed by atoms with Crippen molar-refractivity contribution in [1.29, 1.82) is 0 Å². The lowest BCUT2D eigenvalue weighted by atomic mass is 10.1. The van der Waals surface area contributed by atoms with Gasteiger partial charge in [0.2, 0.25) is 0 Å². The molecule has 0 aliphatic rings. The number of amides is 1. The number of rotatable bonds is 6. The first-order chi connectivity index (χ1) is 13.0. The highest BCUT2D eigenvalue weighted by Crippen LogP contribution is 2.30. The van der Waals surface area contributed by atoms with E-state index in [-0.39, 0.29) is 5.91 Å². The summed E-state index contributed by atoms with van der Waals surface area (Å²) in [6, 6.07) is 13.1. The fourth-order valence-corrected chi connectivity index (χ4v) is 3.29. The van der Waals surface area contributed by atoms with E-state index in [4.69, 9.17) is 23.2 Å². The van der Waals surface area contributed by atoms with Gasteiger partial charge in [-0.05, 0) is 49.7 Å². The Morgan fingerprint density at radius 2 is 1.70 bits per heavy atom. The van der Waals surface area contributed by atoms with Crippen LogP contribution in [0.1, 0.15) is 29.8 Å². The molecule has 0 spiro atoms.